The summed E-state index contributed by atoms with van der Waals surface area (Å²) in [6.45, 7) is 0. The van der Waals surface area contributed by atoms with Crippen LogP contribution >= 0.6 is 0 Å². The summed E-state index contributed by atoms with van der Waals surface area (Å²) in [5, 5.41) is 10.9. The molecule has 6 heteroatoms. The number of hydroxylamine groups is 1. The van der Waals surface area contributed by atoms with Gasteiger partial charge in [0, 0.05) is 6.07 Å². The molecule has 4 nitrogen and oxygen atoms in total. The summed E-state index contributed by atoms with van der Waals surface area (Å²) in [6.07, 6.45) is 0. The fourth-order valence-electron chi connectivity index (χ4n) is 1.11. The van der Waals surface area contributed by atoms with E-state index in [9.17, 15) is 14.6 Å². The fourth-order valence-corrected chi connectivity index (χ4v) is 2.15. The van der Waals surface area contributed by atoms with E-state index in [0.29, 0.717) is 4.90 Å². The van der Waals surface area contributed by atoms with Crippen molar-refractivity contribution in [1.82, 2.24) is 0 Å². The van der Waals surface area contributed by atoms with Crippen molar-refractivity contribution in [2.24, 2.45) is 0 Å². The number of rotatable bonds is 0. The van der Waals surface area contributed by atoms with Crippen LogP contribution in [0.2, 0.25) is 0 Å². The van der Waals surface area contributed by atoms with Crippen LogP contribution in [-0.2, 0) is 11.4 Å². The van der Waals surface area contributed by atoms with Crippen LogP contribution in [0, 0.1) is 5.21 Å². The third kappa shape index (κ3) is 1.69. The summed E-state index contributed by atoms with van der Waals surface area (Å²) < 4.78 is 10.3. The van der Waals surface area contributed by atoms with Gasteiger partial charge in [-0.15, -0.1) is 4.47 Å². The second kappa shape index (κ2) is 4.10. The van der Waals surface area contributed by atoms with Crippen LogP contribution in [0.15, 0.2) is 29.2 Å². The monoisotopic (exact) mass is 207 g/mol. The van der Waals surface area contributed by atoms with Crippen LogP contribution in [0.3, 0.4) is 0 Å². The Morgan fingerprint density at radius 2 is 1.92 bits per heavy atom. The SMILES string of the molecule is O=C1c2ccccc2[S+]([O-])[NH+]1[O-].[NaH]. The van der Waals surface area contributed by atoms with Crippen molar-refractivity contribution in [2.75, 3.05) is 0 Å². The molecule has 64 valence electrons. The van der Waals surface area contributed by atoms with Gasteiger partial charge in [0.2, 0.25) is 4.90 Å². The molecule has 0 aliphatic carbocycles. The fraction of sp³-hybridized carbons (Fsp3) is 0. The first-order valence-corrected chi connectivity index (χ1v) is 4.46. The molecule has 1 N–H and O–H groups in total. The standard InChI is InChI=1S/C7H5NO3S.Na.H/c9-7-5-3-1-2-4-6(5)12(11)8(7)10;;/h1-4,8H;;. The number of benzene rings is 1. The van der Waals surface area contributed by atoms with E-state index in [0.717, 1.165) is 0 Å². The van der Waals surface area contributed by atoms with E-state index in [1.165, 1.54) is 12.1 Å². The van der Waals surface area contributed by atoms with E-state index in [1.807, 2.05) is 0 Å². The van der Waals surface area contributed by atoms with Gasteiger partial charge in [-0.1, -0.05) is 12.1 Å². The van der Waals surface area contributed by atoms with Crippen molar-refractivity contribution >= 4 is 46.8 Å². The van der Waals surface area contributed by atoms with Crippen LogP contribution in [0.25, 0.3) is 0 Å². The predicted octanol–water partition coefficient (Wildman–Crippen LogP) is -1.40. The van der Waals surface area contributed by atoms with Crippen molar-refractivity contribution in [2.45, 2.75) is 4.90 Å². The topological polar surface area (TPSA) is 67.6 Å². The zero-order valence-corrected chi connectivity index (χ0v) is 6.76. The predicted molar refractivity (Wildman–Crippen MR) is 48.7 cm³/mol. The Morgan fingerprint density at radius 3 is 2.54 bits per heavy atom. The van der Waals surface area contributed by atoms with Crippen molar-refractivity contribution < 1.29 is 13.8 Å². The van der Waals surface area contributed by atoms with Crippen molar-refractivity contribution in [1.29, 1.82) is 0 Å². The molecule has 0 fully saturated rings. The van der Waals surface area contributed by atoms with Gasteiger partial charge in [-0.2, -0.15) is 0 Å². The van der Waals surface area contributed by atoms with Crippen LogP contribution in [0.5, 0.6) is 0 Å². The maximum absolute atomic E-state index is 11.1. The van der Waals surface area contributed by atoms with Gasteiger partial charge >= 0.3 is 35.5 Å². The summed E-state index contributed by atoms with van der Waals surface area (Å²) in [4.78, 5) is 11.4. The van der Waals surface area contributed by atoms with Gasteiger partial charge in [0.05, 0.1) is 0 Å². The first kappa shape index (κ1) is 11.2. The normalized spacial score (nSPS) is 25.2. The van der Waals surface area contributed by atoms with E-state index in [1.54, 1.807) is 12.1 Å². The first-order chi connectivity index (χ1) is 5.72. The number of carbonyl (C=O) groups is 1. The molecule has 1 heterocycles. The summed E-state index contributed by atoms with van der Waals surface area (Å²) in [5.74, 6) is -0.635. The quantitative estimate of drug-likeness (QED) is 0.323. The van der Waals surface area contributed by atoms with Gasteiger partial charge in [0.15, 0.2) is 11.4 Å². The summed E-state index contributed by atoms with van der Waals surface area (Å²) in [5.41, 5.74) is 0.279. The number of carbonyl (C=O) groups excluding carboxylic acids is 1. The minimum atomic E-state index is -1.76. The maximum atomic E-state index is 11.1. The molecule has 0 spiro atoms. The molecule has 2 rings (SSSR count). The molecular formula is C7H6NNaO3S. The van der Waals surface area contributed by atoms with Gasteiger partial charge < -0.3 is 9.76 Å². The van der Waals surface area contributed by atoms with Crippen LogP contribution in [-0.4, -0.2) is 40.0 Å². The number of quaternary nitrogens is 1. The van der Waals surface area contributed by atoms with Crippen LogP contribution < -0.4 is 4.47 Å². The Hall–Kier alpha value is 0.120. The molecule has 0 bridgehead atoms. The molecule has 1 amide bonds. The molecule has 0 radical (unpaired) electrons. The van der Waals surface area contributed by atoms with Gasteiger partial charge in [0.25, 0.3) is 0 Å². The summed E-state index contributed by atoms with van der Waals surface area (Å²) >= 11 is -1.76. The molecule has 0 aromatic heterocycles. The molecular weight excluding hydrogens is 201 g/mol. The molecule has 2 unspecified atom stereocenters. The number of nitrogens with one attached hydrogen (secondary N) is 1. The average Bonchev–Trinajstić information content (AvgIpc) is 2.33. The third-order valence-electron chi connectivity index (χ3n) is 1.69. The third-order valence-corrected chi connectivity index (χ3v) is 2.96. The van der Waals surface area contributed by atoms with Gasteiger partial charge in [-0.05, 0) is 6.07 Å². The van der Waals surface area contributed by atoms with Gasteiger partial charge in [-0.25, -0.2) is 4.79 Å². The molecule has 1 aliphatic rings. The van der Waals surface area contributed by atoms with E-state index < -0.39 is 21.7 Å². The first-order valence-electron chi connectivity index (χ1n) is 3.31. The Balaban J connectivity index is 0.000000845. The number of amides is 1. The molecule has 1 aromatic rings. The Bertz CT molecular complexity index is 346. The zero-order valence-electron chi connectivity index (χ0n) is 5.94. The van der Waals surface area contributed by atoms with Gasteiger partial charge in [0.1, 0.15) is 5.56 Å². The Morgan fingerprint density at radius 1 is 1.31 bits per heavy atom. The zero-order chi connectivity index (χ0) is 8.72. The molecule has 2 atom stereocenters. The Kier molecular flexibility index (Phi) is 3.53. The number of hydrogen-bond acceptors (Lipinski definition) is 3. The second-order valence-corrected chi connectivity index (χ2v) is 3.73. The van der Waals surface area contributed by atoms with Crippen molar-refractivity contribution in [3.05, 3.63) is 35.0 Å². The molecule has 0 saturated carbocycles. The number of hydrogen-bond donors (Lipinski definition) is 1. The summed E-state index contributed by atoms with van der Waals surface area (Å²) in [6, 6.07) is 6.35. The average molecular weight is 207 g/mol. The molecule has 13 heavy (non-hydrogen) atoms. The molecule has 1 aromatic carbocycles. The van der Waals surface area contributed by atoms with Crippen LogP contribution in [0.4, 0.5) is 0 Å². The summed E-state index contributed by atoms with van der Waals surface area (Å²) in [7, 11) is 0. The van der Waals surface area contributed by atoms with Crippen molar-refractivity contribution in [3.8, 4) is 0 Å². The van der Waals surface area contributed by atoms with E-state index in [-0.39, 0.29) is 35.1 Å². The molecule has 0 saturated heterocycles. The minimum absolute atomic E-state index is 0. The van der Waals surface area contributed by atoms with Crippen molar-refractivity contribution in [3.63, 3.8) is 0 Å². The Labute approximate surface area is 100 Å². The van der Waals surface area contributed by atoms with E-state index in [2.05, 4.69) is 0 Å². The second-order valence-electron chi connectivity index (χ2n) is 2.38. The van der Waals surface area contributed by atoms with Crippen LogP contribution in [0.1, 0.15) is 10.4 Å². The van der Waals surface area contributed by atoms with E-state index in [4.69, 9.17) is 0 Å². The van der Waals surface area contributed by atoms with E-state index >= 15 is 0 Å². The van der Waals surface area contributed by atoms with Gasteiger partial charge in [-0.3, -0.25) is 0 Å². The molecule has 1 aliphatic heterocycles. The number of fused-ring (bicyclic) bond motifs is 1.